The lowest BCUT2D eigenvalue weighted by molar-refractivity contribution is 1.07. The van der Waals surface area contributed by atoms with Gasteiger partial charge in [0, 0.05) is 123 Å². The zero-order valence-corrected chi connectivity index (χ0v) is 74.1. The van der Waals surface area contributed by atoms with Crippen LogP contribution < -0.4 is 0 Å². The third-order valence-electron chi connectivity index (χ3n) is 26.8. The summed E-state index contributed by atoms with van der Waals surface area (Å²) in [6.07, 6.45) is 7.95. The Morgan fingerprint density at radius 1 is 0.194 bits per heavy atom. The Morgan fingerprint density at radius 3 is 1.07 bits per heavy atom. The summed E-state index contributed by atoms with van der Waals surface area (Å²) in [6, 6.07) is 163. The van der Waals surface area contributed by atoms with Crippen LogP contribution in [0.4, 0.5) is 0 Å². The van der Waals surface area contributed by atoms with E-state index in [2.05, 4.69) is 416 Å². The topological polar surface area (TPSA) is 115 Å². The summed E-state index contributed by atoms with van der Waals surface area (Å²) < 4.78 is 11.8. The largest absolute Gasteiger partial charge is 0.314 e. The second-order valence-electron chi connectivity index (χ2n) is 34.7. The molecule has 0 fully saturated rings. The van der Waals surface area contributed by atoms with E-state index in [0.717, 1.165) is 134 Å². The molecule has 12 heteroatoms. The van der Waals surface area contributed by atoms with Crippen molar-refractivity contribution in [3.8, 4) is 141 Å². The summed E-state index contributed by atoms with van der Waals surface area (Å²) in [5.41, 5.74) is 33.7. The molecule has 0 atom stereocenters. The first-order chi connectivity index (χ1) is 67.9. The Morgan fingerprint density at radius 2 is 0.554 bits per heavy atom. The van der Waals surface area contributed by atoms with Crippen LogP contribution in [0.3, 0.4) is 0 Å². The van der Waals surface area contributed by atoms with Gasteiger partial charge in [-0.1, -0.05) is 349 Å². The molecule has 18 aromatic carbocycles. The first-order valence-electron chi connectivity index (χ1n) is 46.2. The van der Waals surface area contributed by atoms with E-state index in [0.29, 0.717) is 23.3 Å². The molecule has 12 nitrogen and oxygen atoms in total. The maximum absolute atomic E-state index is 5.07. The Kier molecular flexibility index (Phi) is 21.0. The van der Waals surface area contributed by atoms with Gasteiger partial charge < -0.3 is 22.8 Å². The molecule has 0 spiro atoms. The van der Waals surface area contributed by atoms with Crippen LogP contribution in [0.5, 0.6) is 0 Å². The fourth-order valence-electron chi connectivity index (χ4n) is 20.4. The van der Waals surface area contributed by atoms with Crippen molar-refractivity contribution >= 4 is 109 Å². The molecule has 0 bridgehead atoms. The highest BCUT2D eigenvalue weighted by Crippen LogP contribution is 2.46. The van der Waals surface area contributed by atoms with Gasteiger partial charge >= 0.3 is 0 Å². The van der Waals surface area contributed by atoms with Gasteiger partial charge in [-0.05, 0) is 172 Å². The second-order valence-corrected chi connectivity index (χ2v) is 34.7. The average molecular weight is 1780 g/mol. The van der Waals surface area contributed by atoms with Gasteiger partial charge in [-0.2, -0.15) is 0 Å². The maximum Gasteiger partial charge on any atom is 0.164 e. The van der Waals surface area contributed by atoms with Crippen molar-refractivity contribution in [2.45, 2.75) is 14.9 Å². The lowest BCUT2D eigenvalue weighted by Gasteiger charge is -2.12. The molecule has 27 aromatic rings. The fourth-order valence-corrected chi connectivity index (χ4v) is 20.4. The highest BCUT2D eigenvalue weighted by Gasteiger charge is 2.25. The molecule has 0 saturated carbocycles. The molecule has 656 valence electrons. The molecule has 0 aliphatic rings. The van der Waals surface area contributed by atoms with E-state index in [9.17, 15) is 0 Å². The molecule has 0 amide bonds. The zero-order chi connectivity index (χ0) is 90.4. The minimum absolute atomic E-state index is 0. The van der Waals surface area contributed by atoms with E-state index < -0.39 is 0 Å². The molecule has 0 aliphatic carbocycles. The van der Waals surface area contributed by atoms with Crippen LogP contribution in [-0.4, -0.2) is 57.7 Å². The molecular formula is C127H88N12. The minimum atomic E-state index is 0. The zero-order valence-electron chi connectivity index (χ0n) is 74.1. The van der Waals surface area contributed by atoms with Crippen LogP contribution in [0.15, 0.2) is 486 Å². The average Bonchev–Trinajstić information content (AvgIpc) is 1.49. The Hall–Kier alpha value is -18.7. The first-order valence-corrected chi connectivity index (χ1v) is 46.2. The SMILES string of the molecule is C.C.c1ccc(-c2cc(-c3ccccc3)nc(-c3ccc(-c4ccc5c(c4)c4ccccc4n5-c4ccc(-c5cccc6c5c5ccccc5n6-c5cn(-c6ccccc6)c6ccccc56)cc4)cc3)n2)cc1.c1ccc(-c2nc(-c3ccccc3)nc(-c3cccc(-c4ccc5c(c4)c4ccccc4n5-c4ccc(-c5cccc6c5c5ccccc5n6-c5cncc6cccnc56)cc4)c3)n2)cc1. The third kappa shape index (κ3) is 14.6. The molecule has 0 radical (unpaired) electrons. The third-order valence-corrected chi connectivity index (χ3v) is 26.8. The molecule has 0 unspecified atom stereocenters. The van der Waals surface area contributed by atoms with Crippen molar-refractivity contribution < 1.29 is 0 Å². The second kappa shape index (κ2) is 35.1. The van der Waals surface area contributed by atoms with Gasteiger partial charge in [-0.3, -0.25) is 9.97 Å². The molecule has 0 saturated heterocycles. The Balaban J connectivity index is 0.000000149. The van der Waals surface area contributed by atoms with Crippen molar-refractivity contribution in [2.75, 3.05) is 0 Å². The van der Waals surface area contributed by atoms with Crippen LogP contribution in [-0.2, 0) is 0 Å². The van der Waals surface area contributed by atoms with Crippen LogP contribution in [0.1, 0.15) is 14.9 Å². The van der Waals surface area contributed by atoms with Gasteiger partial charge in [0.25, 0.3) is 0 Å². The molecule has 0 aliphatic heterocycles. The van der Waals surface area contributed by atoms with Crippen LogP contribution in [0, 0.1) is 0 Å². The number of nitrogens with zero attached hydrogens (tertiary/aromatic N) is 12. The summed E-state index contributed by atoms with van der Waals surface area (Å²) in [7, 11) is 0. The van der Waals surface area contributed by atoms with Crippen molar-refractivity contribution in [1.82, 2.24) is 57.7 Å². The normalized spacial score (nSPS) is 11.5. The van der Waals surface area contributed by atoms with Crippen molar-refractivity contribution in [1.29, 1.82) is 0 Å². The Bertz CT molecular complexity index is 9250. The van der Waals surface area contributed by atoms with Crippen LogP contribution >= 0.6 is 0 Å². The van der Waals surface area contributed by atoms with Gasteiger partial charge in [0.05, 0.1) is 84.1 Å². The minimum Gasteiger partial charge on any atom is -0.314 e. The van der Waals surface area contributed by atoms with Crippen LogP contribution in [0.2, 0.25) is 0 Å². The molecule has 0 N–H and O–H groups in total. The van der Waals surface area contributed by atoms with Crippen molar-refractivity contribution in [2.24, 2.45) is 0 Å². The molecule has 9 aromatic heterocycles. The highest BCUT2D eigenvalue weighted by atomic mass is 15.1. The number of pyridine rings is 2. The summed E-state index contributed by atoms with van der Waals surface area (Å²) in [6.45, 7) is 0. The van der Waals surface area contributed by atoms with Gasteiger partial charge in [0.2, 0.25) is 0 Å². The number of fused-ring (bicyclic) bond motifs is 14. The lowest BCUT2D eigenvalue weighted by Crippen LogP contribution is -2.00. The lowest BCUT2D eigenvalue weighted by atomic mass is 9.99. The van der Waals surface area contributed by atoms with Gasteiger partial charge in [-0.15, -0.1) is 0 Å². The van der Waals surface area contributed by atoms with E-state index in [1.807, 2.05) is 97.5 Å². The number of benzene rings is 18. The summed E-state index contributed by atoms with van der Waals surface area (Å²) >= 11 is 0. The van der Waals surface area contributed by atoms with Crippen LogP contribution in [0.25, 0.3) is 250 Å². The molecular weight excluding hydrogens is 1690 g/mol. The standard InChI is InChI=1S/C66H43N5.C59H37N7.2CH4/c1-4-17-46(18-5-1)57-42-58(47-19-6-2-7-20-47)68-66(67-57)48-33-31-44(32-34-48)49-37-40-62-56(41-49)53-23-10-14-28-60(53)70(62)51-38-35-45(36-39-51)52-26-16-30-63-65(52)55-25-12-15-29-61(55)71(63)64-43-69(50-21-8-3-9-22-50)59-27-13-11-24-54(59)64;1-3-14-39(15-4-1)57-62-58(40-16-5-2-6-17-40)64-59(63-57)43-19-11-18-41(34-43)42-29-32-52-49(35-42)47-21-7-9-24-50(47)65(52)45-30-27-38(28-31-45)46-23-12-26-53-55(46)48-22-8-10-25-51(48)66(53)54-37-60-36-44-20-13-33-61-56(44)54;;/h1-43H;1-37H;2*1H4. The quantitative estimate of drug-likeness (QED) is 0.100. The smallest absolute Gasteiger partial charge is 0.164 e. The number of aromatic nitrogens is 12. The van der Waals surface area contributed by atoms with E-state index in [1.54, 1.807) is 0 Å². The highest BCUT2D eigenvalue weighted by molar-refractivity contribution is 6.19. The summed E-state index contributed by atoms with van der Waals surface area (Å²) in [5.74, 6) is 2.62. The number of para-hydroxylation sites is 6. The maximum atomic E-state index is 5.07. The predicted molar refractivity (Wildman–Crippen MR) is 577 cm³/mol. The molecule has 9 heterocycles. The fraction of sp³-hybridized carbons (Fsp3) is 0.0157. The van der Waals surface area contributed by atoms with Gasteiger partial charge in [-0.25, -0.2) is 24.9 Å². The van der Waals surface area contributed by atoms with Crippen molar-refractivity contribution in [3.63, 3.8) is 0 Å². The monoisotopic (exact) mass is 1780 g/mol. The predicted octanol–water partition coefficient (Wildman–Crippen LogP) is 32.6. The number of hydrogen-bond acceptors (Lipinski definition) is 7. The van der Waals surface area contributed by atoms with E-state index in [4.69, 9.17) is 29.9 Å². The Labute approximate surface area is 803 Å². The number of rotatable bonds is 15. The van der Waals surface area contributed by atoms with E-state index >= 15 is 0 Å². The van der Waals surface area contributed by atoms with E-state index in [-0.39, 0.29) is 14.9 Å². The molecule has 27 rings (SSSR count). The summed E-state index contributed by atoms with van der Waals surface area (Å²) in [4.78, 5) is 34.5. The summed E-state index contributed by atoms with van der Waals surface area (Å²) in [5, 5.41) is 11.9. The van der Waals surface area contributed by atoms with Gasteiger partial charge in [0.15, 0.2) is 23.3 Å². The van der Waals surface area contributed by atoms with Crippen molar-refractivity contribution in [3.05, 3.63) is 486 Å². The first kappa shape index (κ1) is 83.4. The van der Waals surface area contributed by atoms with E-state index in [1.165, 1.54) is 92.7 Å². The number of hydrogen-bond donors (Lipinski definition) is 0. The van der Waals surface area contributed by atoms with Gasteiger partial charge in [0.1, 0.15) is 0 Å². The molecule has 139 heavy (non-hydrogen) atoms.